The molecule has 25 heavy (non-hydrogen) atoms. The Kier molecular flexibility index (Phi) is 6.25. The number of ether oxygens (including phenoxy) is 1. The maximum absolute atomic E-state index is 10.9. The van der Waals surface area contributed by atoms with Gasteiger partial charge < -0.3 is 28.7 Å². The molecule has 0 amide bonds. The molecule has 0 fully saturated rings. The monoisotopic (exact) mass is 451 g/mol. The van der Waals surface area contributed by atoms with Gasteiger partial charge in [-0.3, -0.25) is 4.79 Å². The standard InChI is InChI=1S/C21H26NO2.HI/c1-15-21(3,4)20-18-10-6-5-9-17(18)11-12-19(20)22(15)13-7-8-14-24-16(2)23;/h5-6,9-12H,7-8,13-14H2,1-4H3;1H/q+1;/p-1. The molecule has 0 aliphatic carbocycles. The molecule has 1 aliphatic rings. The lowest BCUT2D eigenvalue weighted by molar-refractivity contribution is -0.439. The average Bonchev–Trinajstić information content (AvgIpc) is 2.75. The summed E-state index contributed by atoms with van der Waals surface area (Å²) in [6, 6.07) is 13.1. The first kappa shape index (κ1) is 19.9. The summed E-state index contributed by atoms with van der Waals surface area (Å²) in [5, 5.41) is 2.65. The molecule has 2 aromatic carbocycles. The Bertz CT molecular complexity index is 824. The van der Waals surface area contributed by atoms with Gasteiger partial charge in [0.05, 0.1) is 12.0 Å². The van der Waals surface area contributed by atoms with E-state index >= 15 is 0 Å². The van der Waals surface area contributed by atoms with Crippen molar-refractivity contribution in [2.75, 3.05) is 13.2 Å². The molecule has 0 unspecified atom stereocenters. The average molecular weight is 451 g/mol. The third-order valence-corrected chi connectivity index (χ3v) is 5.21. The number of carbonyl (C=O) groups excluding carboxylic acids is 1. The van der Waals surface area contributed by atoms with E-state index in [0.29, 0.717) is 6.61 Å². The normalized spacial score (nSPS) is 15.0. The van der Waals surface area contributed by atoms with E-state index in [9.17, 15) is 4.79 Å². The van der Waals surface area contributed by atoms with Crippen LogP contribution in [0.1, 0.15) is 46.1 Å². The van der Waals surface area contributed by atoms with Crippen LogP contribution in [-0.2, 0) is 14.9 Å². The highest BCUT2D eigenvalue weighted by atomic mass is 127. The number of fused-ring (bicyclic) bond motifs is 3. The molecular weight excluding hydrogens is 425 g/mol. The Morgan fingerprint density at radius 3 is 2.56 bits per heavy atom. The molecule has 3 nitrogen and oxygen atoms in total. The molecule has 2 aromatic rings. The molecule has 134 valence electrons. The van der Waals surface area contributed by atoms with Crippen molar-refractivity contribution in [1.29, 1.82) is 0 Å². The maximum Gasteiger partial charge on any atom is 0.302 e. The van der Waals surface area contributed by atoms with Crippen molar-refractivity contribution in [2.45, 2.75) is 46.0 Å². The van der Waals surface area contributed by atoms with Crippen molar-refractivity contribution in [3.05, 3.63) is 42.0 Å². The van der Waals surface area contributed by atoms with Crippen molar-refractivity contribution in [2.24, 2.45) is 0 Å². The summed E-state index contributed by atoms with van der Waals surface area (Å²) in [5.41, 5.74) is 4.18. The van der Waals surface area contributed by atoms with Crippen LogP contribution in [0.4, 0.5) is 5.69 Å². The summed E-state index contributed by atoms with van der Waals surface area (Å²) in [5.74, 6) is -0.197. The second-order valence-electron chi connectivity index (χ2n) is 7.09. The van der Waals surface area contributed by atoms with E-state index in [1.807, 2.05) is 0 Å². The minimum absolute atomic E-state index is 0. The number of esters is 1. The summed E-state index contributed by atoms with van der Waals surface area (Å²) in [4.78, 5) is 10.9. The quantitative estimate of drug-likeness (QED) is 0.299. The maximum atomic E-state index is 10.9. The molecule has 0 spiro atoms. The molecule has 3 rings (SSSR count). The van der Waals surface area contributed by atoms with E-state index < -0.39 is 0 Å². The lowest BCUT2D eigenvalue weighted by atomic mass is 9.80. The highest BCUT2D eigenvalue weighted by Crippen LogP contribution is 2.43. The van der Waals surface area contributed by atoms with Gasteiger partial charge in [0.15, 0.2) is 5.71 Å². The van der Waals surface area contributed by atoms with Gasteiger partial charge in [-0.1, -0.05) is 24.3 Å². The van der Waals surface area contributed by atoms with Crippen LogP contribution >= 0.6 is 0 Å². The zero-order valence-corrected chi connectivity index (χ0v) is 17.6. The fourth-order valence-electron chi connectivity index (χ4n) is 3.72. The van der Waals surface area contributed by atoms with Gasteiger partial charge in [-0.15, -0.1) is 0 Å². The summed E-state index contributed by atoms with van der Waals surface area (Å²) < 4.78 is 7.48. The van der Waals surface area contributed by atoms with Crippen LogP contribution < -0.4 is 24.0 Å². The van der Waals surface area contributed by atoms with Crippen LogP contribution in [0, 0.1) is 0 Å². The molecule has 0 N–H and O–H groups in total. The number of hydrogen-bond acceptors (Lipinski definition) is 2. The SMILES string of the molecule is CC(=O)OCCCC[N+]1=C(C)C(C)(C)c2c1ccc1ccccc21.[I-]. The lowest BCUT2D eigenvalue weighted by Gasteiger charge is -2.17. The summed E-state index contributed by atoms with van der Waals surface area (Å²) >= 11 is 0. The molecule has 0 saturated carbocycles. The zero-order valence-electron chi connectivity index (χ0n) is 15.4. The van der Waals surface area contributed by atoms with Crippen molar-refractivity contribution in [1.82, 2.24) is 0 Å². The minimum Gasteiger partial charge on any atom is -1.00 e. The van der Waals surface area contributed by atoms with Gasteiger partial charge in [-0.25, -0.2) is 0 Å². The van der Waals surface area contributed by atoms with Crippen LogP contribution in [0.15, 0.2) is 36.4 Å². The van der Waals surface area contributed by atoms with Gasteiger partial charge in [0.2, 0.25) is 5.69 Å². The highest BCUT2D eigenvalue weighted by Gasteiger charge is 2.43. The predicted molar refractivity (Wildman–Crippen MR) is 98.3 cm³/mol. The molecule has 0 atom stereocenters. The van der Waals surface area contributed by atoms with E-state index in [4.69, 9.17) is 4.74 Å². The Balaban J connectivity index is 0.00000225. The van der Waals surface area contributed by atoms with E-state index in [0.717, 1.165) is 19.4 Å². The van der Waals surface area contributed by atoms with Crippen LogP contribution in [-0.4, -0.2) is 29.4 Å². The third kappa shape index (κ3) is 3.73. The highest BCUT2D eigenvalue weighted by molar-refractivity contribution is 6.01. The zero-order chi connectivity index (χ0) is 17.3. The van der Waals surface area contributed by atoms with Crippen LogP contribution in [0.5, 0.6) is 0 Å². The van der Waals surface area contributed by atoms with E-state index in [1.54, 1.807) is 0 Å². The first-order valence-electron chi connectivity index (χ1n) is 8.70. The second kappa shape index (κ2) is 7.85. The van der Waals surface area contributed by atoms with Gasteiger partial charge in [-0.05, 0) is 37.1 Å². The van der Waals surface area contributed by atoms with Crippen molar-refractivity contribution >= 4 is 28.1 Å². The summed E-state index contributed by atoms with van der Waals surface area (Å²) in [7, 11) is 0. The summed E-state index contributed by atoms with van der Waals surface area (Å²) in [6.07, 6.45) is 1.90. The Hall–Kier alpha value is -1.43. The smallest absolute Gasteiger partial charge is 0.302 e. The number of rotatable bonds is 5. The topological polar surface area (TPSA) is 29.3 Å². The molecular formula is C21H26INO2. The number of benzene rings is 2. The van der Waals surface area contributed by atoms with Crippen LogP contribution in [0.3, 0.4) is 0 Å². The van der Waals surface area contributed by atoms with Crippen molar-refractivity contribution in [3.8, 4) is 0 Å². The van der Waals surface area contributed by atoms with E-state index in [1.165, 1.54) is 34.7 Å². The number of carbonyl (C=O) groups is 1. The Morgan fingerprint density at radius 2 is 1.84 bits per heavy atom. The largest absolute Gasteiger partial charge is 1.00 e. The first-order chi connectivity index (χ1) is 11.4. The van der Waals surface area contributed by atoms with E-state index in [-0.39, 0.29) is 35.4 Å². The number of unbranched alkanes of at least 4 members (excludes halogenated alkanes) is 1. The van der Waals surface area contributed by atoms with Crippen molar-refractivity contribution in [3.63, 3.8) is 0 Å². The number of nitrogens with zero attached hydrogens (tertiary/aromatic N) is 1. The van der Waals surface area contributed by atoms with Gasteiger partial charge in [0.1, 0.15) is 6.54 Å². The molecule has 0 radical (unpaired) electrons. The van der Waals surface area contributed by atoms with E-state index in [2.05, 4.69) is 61.7 Å². The van der Waals surface area contributed by atoms with Gasteiger partial charge >= 0.3 is 5.97 Å². The van der Waals surface area contributed by atoms with Crippen molar-refractivity contribution < 1.29 is 38.1 Å². The van der Waals surface area contributed by atoms with Gasteiger partial charge in [0.25, 0.3) is 0 Å². The molecule has 0 saturated heterocycles. The Morgan fingerprint density at radius 1 is 1.12 bits per heavy atom. The molecule has 0 aromatic heterocycles. The second-order valence-corrected chi connectivity index (χ2v) is 7.09. The van der Waals surface area contributed by atoms with Crippen LogP contribution in [0.2, 0.25) is 0 Å². The molecule has 1 heterocycles. The summed E-state index contributed by atoms with van der Waals surface area (Å²) in [6.45, 7) is 9.79. The number of halogens is 1. The predicted octanol–water partition coefficient (Wildman–Crippen LogP) is 1.58. The molecule has 0 bridgehead atoms. The molecule has 1 aliphatic heterocycles. The fraction of sp³-hybridized carbons (Fsp3) is 0.429. The fourth-order valence-corrected chi connectivity index (χ4v) is 3.72. The number of hydrogen-bond donors (Lipinski definition) is 0. The lowest BCUT2D eigenvalue weighted by Crippen LogP contribution is -3.00. The Labute approximate surface area is 167 Å². The van der Waals surface area contributed by atoms with Gasteiger partial charge in [0, 0.05) is 31.9 Å². The van der Waals surface area contributed by atoms with Gasteiger partial charge in [-0.2, -0.15) is 4.58 Å². The third-order valence-electron chi connectivity index (χ3n) is 5.21. The molecule has 4 heteroatoms. The first-order valence-corrected chi connectivity index (χ1v) is 8.70. The van der Waals surface area contributed by atoms with Crippen LogP contribution in [0.25, 0.3) is 10.8 Å². The minimum atomic E-state index is -0.197.